The van der Waals surface area contributed by atoms with Gasteiger partial charge in [-0.05, 0) is 56.2 Å². The lowest BCUT2D eigenvalue weighted by atomic mass is 9.91. The zero-order valence-corrected chi connectivity index (χ0v) is 17.2. The molecule has 1 aromatic carbocycles. The van der Waals surface area contributed by atoms with E-state index in [1.165, 1.54) is 28.1 Å². The van der Waals surface area contributed by atoms with E-state index in [-0.39, 0.29) is 6.04 Å². The van der Waals surface area contributed by atoms with E-state index in [1.807, 2.05) is 0 Å². The van der Waals surface area contributed by atoms with Crippen LogP contribution in [-0.2, 0) is 4.79 Å². The highest BCUT2D eigenvalue weighted by Gasteiger charge is 2.35. The Morgan fingerprint density at radius 1 is 1.12 bits per heavy atom. The van der Waals surface area contributed by atoms with Gasteiger partial charge in [-0.25, -0.2) is 0 Å². The molecule has 3 rings (SSSR count). The van der Waals surface area contributed by atoms with Crippen LogP contribution in [0.1, 0.15) is 38.3 Å². The standard InChI is InChI=1S/C22H35N3O/c1-16-13-17(2)15-25(14-16)22(26)20(5)23-9-11-24(12-10-23)21-8-6-7-18(3)19(21)4/h6-8,16-17,20H,9-15H2,1-5H3/p+1/t16-,17-,20+/m0/s1. The van der Waals surface area contributed by atoms with Crippen LogP contribution >= 0.6 is 0 Å². The molecule has 1 N–H and O–H groups in total. The van der Waals surface area contributed by atoms with Gasteiger partial charge in [0.1, 0.15) is 0 Å². The van der Waals surface area contributed by atoms with E-state index in [4.69, 9.17) is 0 Å². The fourth-order valence-electron chi connectivity index (χ4n) is 4.84. The third-order valence-electron chi connectivity index (χ3n) is 6.49. The molecule has 0 radical (unpaired) electrons. The van der Waals surface area contributed by atoms with E-state index in [1.54, 1.807) is 0 Å². The maximum absolute atomic E-state index is 13.0. The van der Waals surface area contributed by atoms with Crippen molar-refractivity contribution < 1.29 is 9.69 Å². The molecule has 26 heavy (non-hydrogen) atoms. The molecule has 1 amide bonds. The monoisotopic (exact) mass is 358 g/mol. The summed E-state index contributed by atoms with van der Waals surface area (Å²) in [6, 6.07) is 6.65. The number of nitrogens with zero attached hydrogens (tertiary/aromatic N) is 2. The molecule has 144 valence electrons. The van der Waals surface area contributed by atoms with E-state index in [0.717, 1.165) is 39.3 Å². The van der Waals surface area contributed by atoms with Gasteiger partial charge in [0, 0.05) is 18.8 Å². The second-order valence-electron chi connectivity index (χ2n) is 8.78. The van der Waals surface area contributed by atoms with Gasteiger partial charge in [-0.3, -0.25) is 4.79 Å². The summed E-state index contributed by atoms with van der Waals surface area (Å²) in [5, 5.41) is 0. The number of amides is 1. The van der Waals surface area contributed by atoms with Crippen LogP contribution in [0.4, 0.5) is 5.69 Å². The highest BCUT2D eigenvalue weighted by Crippen LogP contribution is 2.23. The second-order valence-corrected chi connectivity index (χ2v) is 8.78. The number of hydrogen-bond donors (Lipinski definition) is 1. The molecule has 0 aliphatic carbocycles. The van der Waals surface area contributed by atoms with Crippen LogP contribution in [0.5, 0.6) is 0 Å². The molecule has 1 aromatic rings. The summed E-state index contributed by atoms with van der Waals surface area (Å²) in [7, 11) is 0. The van der Waals surface area contributed by atoms with Crippen molar-refractivity contribution in [2.24, 2.45) is 11.8 Å². The quantitative estimate of drug-likeness (QED) is 0.894. The highest BCUT2D eigenvalue weighted by molar-refractivity contribution is 5.80. The zero-order chi connectivity index (χ0) is 18.8. The molecule has 2 aliphatic rings. The third kappa shape index (κ3) is 4.06. The van der Waals surface area contributed by atoms with Crippen LogP contribution in [-0.4, -0.2) is 56.1 Å². The van der Waals surface area contributed by atoms with Gasteiger partial charge in [-0.1, -0.05) is 26.0 Å². The van der Waals surface area contributed by atoms with Crippen LogP contribution in [0, 0.1) is 25.7 Å². The Morgan fingerprint density at radius 2 is 1.73 bits per heavy atom. The zero-order valence-electron chi connectivity index (χ0n) is 17.2. The minimum Gasteiger partial charge on any atom is -0.360 e. The van der Waals surface area contributed by atoms with Gasteiger partial charge in [0.25, 0.3) is 5.91 Å². The van der Waals surface area contributed by atoms with Gasteiger partial charge in [0.2, 0.25) is 0 Å². The minimum absolute atomic E-state index is 0.0771. The number of rotatable bonds is 3. The first-order valence-electron chi connectivity index (χ1n) is 10.3. The Morgan fingerprint density at radius 3 is 2.35 bits per heavy atom. The Balaban J connectivity index is 1.59. The van der Waals surface area contributed by atoms with E-state index in [0.29, 0.717) is 17.7 Å². The number of hydrogen-bond acceptors (Lipinski definition) is 2. The molecule has 0 saturated carbocycles. The topological polar surface area (TPSA) is 28.0 Å². The van der Waals surface area contributed by atoms with Crippen molar-refractivity contribution in [3.8, 4) is 0 Å². The summed E-state index contributed by atoms with van der Waals surface area (Å²) in [4.78, 5) is 19.1. The number of quaternary nitrogens is 1. The molecule has 2 saturated heterocycles. The van der Waals surface area contributed by atoms with Gasteiger partial charge < -0.3 is 14.7 Å². The van der Waals surface area contributed by atoms with Crippen molar-refractivity contribution in [1.82, 2.24) is 4.90 Å². The van der Waals surface area contributed by atoms with Crippen molar-refractivity contribution in [1.29, 1.82) is 0 Å². The lowest BCUT2D eigenvalue weighted by molar-refractivity contribution is -0.915. The second kappa shape index (κ2) is 7.99. The molecule has 2 aliphatic heterocycles. The average molecular weight is 359 g/mol. The first-order chi connectivity index (χ1) is 12.4. The number of likely N-dealkylation sites (tertiary alicyclic amines) is 1. The molecule has 2 heterocycles. The van der Waals surface area contributed by atoms with Gasteiger partial charge in [-0.15, -0.1) is 0 Å². The average Bonchev–Trinajstić information content (AvgIpc) is 2.62. The van der Waals surface area contributed by atoms with E-state index in [9.17, 15) is 4.79 Å². The molecular formula is C22H36N3O+. The lowest BCUT2D eigenvalue weighted by Gasteiger charge is -2.40. The molecule has 0 bridgehead atoms. The maximum atomic E-state index is 13.0. The summed E-state index contributed by atoms with van der Waals surface area (Å²) in [6.07, 6.45) is 1.25. The summed E-state index contributed by atoms with van der Waals surface area (Å²) in [6.45, 7) is 17.1. The summed E-state index contributed by atoms with van der Waals surface area (Å²) < 4.78 is 0. The number of piperidine rings is 1. The predicted octanol–water partition coefficient (Wildman–Crippen LogP) is 1.90. The Bertz CT molecular complexity index is 626. The minimum atomic E-state index is 0.0771. The number of carbonyl (C=O) groups excluding carboxylic acids is 1. The number of nitrogens with one attached hydrogen (secondary N) is 1. The van der Waals surface area contributed by atoms with Crippen molar-refractivity contribution in [3.63, 3.8) is 0 Å². The van der Waals surface area contributed by atoms with Crippen molar-refractivity contribution in [2.45, 2.75) is 47.1 Å². The van der Waals surface area contributed by atoms with Gasteiger partial charge in [-0.2, -0.15) is 0 Å². The third-order valence-corrected chi connectivity index (χ3v) is 6.49. The van der Waals surface area contributed by atoms with Gasteiger partial charge >= 0.3 is 0 Å². The summed E-state index contributed by atoms with van der Waals surface area (Å²) in [5.41, 5.74) is 4.10. The molecule has 2 fully saturated rings. The Labute approximate surface area is 159 Å². The number of carbonyl (C=O) groups is 1. The first kappa shape index (κ1) is 19.2. The molecule has 0 aromatic heterocycles. The van der Waals surface area contributed by atoms with Crippen molar-refractivity contribution in [2.75, 3.05) is 44.2 Å². The Hall–Kier alpha value is -1.55. The maximum Gasteiger partial charge on any atom is 0.280 e. The number of aryl methyl sites for hydroxylation is 1. The van der Waals surface area contributed by atoms with Crippen LogP contribution in [0.15, 0.2) is 18.2 Å². The van der Waals surface area contributed by atoms with Gasteiger partial charge in [0.15, 0.2) is 6.04 Å². The molecule has 4 nitrogen and oxygen atoms in total. The van der Waals surface area contributed by atoms with Crippen LogP contribution in [0.3, 0.4) is 0 Å². The lowest BCUT2D eigenvalue weighted by Crippen LogP contribution is -3.19. The number of piperazine rings is 1. The summed E-state index contributed by atoms with van der Waals surface area (Å²) in [5.74, 6) is 1.62. The normalized spacial score (nSPS) is 26.0. The molecular weight excluding hydrogens is 322 g/mol. The van der Waals surface area contributed by atoms with E-state index in [2.05, 4.69) is 62.6 Å². The van der Waals surface area contributed by atoms with E-state index >= 15 is 0 Å². The van der Waals surface area contributed by atoms with Gasteiger partial charge in [0.05, 0.1) is 26.2 Å². The largest absolute Gasteiger partial charge is 0.360 e. The van der Waals surface area contributed by atoms with Crippen LogP contribution < -0.4 is 9.80 Å². The number of anilines is 1. The fourth-order valence-corrected chi connectivity index (χ4v) is 4.84. The fraction of sp³-hybridized carbons (Fsp3) is 0.682. The van der Waals surface area contributed by atoms with Crippen molar-refractivity contribution in [3.05, 3.63) is 29.3 Å². The highest BCUT2D eigenvalue weighted by atomic mass is 16.2. The predicted molar refractivity (Wildman–Crippen MR) is 108 cm³/mol. The molecule has 0 unspecified atom stereocenters. The summed E-state index contributed by atoms with van der Waals surface area (Å²) >= 11 is 0. The van der Waals surface area contributed by atoms with E-state index < -0.39 is 0 Å². The first-order valence-corrected chi connectivity index (χ1v) is 10.3. The number of benzene rings is 1. The van der Waals surface area contributed by atoms with Crippen molar-refractivity contribution >= 4 is 11.6 Å². The molecule has 4 heteroatoms. The SMILES string of the molecule is Cc1cccc(N2CC[NH+]([C@H](C)C(=O)N3C[C@@H](C)C[C@H](C)C3)CC2)c1C. The Kier molecular flexibility index (Phi) is 5.91. The smallest absolute Gasteiger partial charge is 0.280 e. The molecule has 3 atom stereocenters. The van der Waals surface area contributed by atoms with Crippen LogP contribution in [0.25, 0.3) is 0 Å². The molecule has 0 spiro atoms. The van der Waals surface area contributed by atoms with Crippen LogP contribution in [0.2, 0.25) is 0 Å².